The quantitative estimate of drug-likeness (QED) is 0.639. The normalized spacial score (nSPS) is 11.2. The molecule has 2 heteroatoms. The van der Waals surface area contributed by atoms with E-state index in [1.165, 1.54) is 16.3 Å². The molecule has 0 fully saturated rings. The number of hydrogen-bond donors (Lipinski definition) is 2. The van der Waals surface area contributed by atoms with Crippen LogP contribution in [0.2, 0.25) is 0 Å². The van der Waals surface area contributed by atoms with Gasteiger partial charge in [0.05, 0.1) is 5.52 Å². The minimum absolute atomic E-state index is 0.404. The molecule has 0 bridgehead atoms. The summed E-state index contributed by atoms with van der Waals surface area (Å²) in [6.45, 7) is 6.12. The summed E-state index contributed by atoms with van der Waals surface area (Å²) in [7, 11) is 0. The lowest BCUT2D eigenvalue weighted by atomic mass is 10.0. The summed E-state index contributed by atoms with van der Waals surface area (Å²) in [6, 6.07) is 10.3. The molecule has 0 aliphatic rings. The average Bonchev–Trinajstić information content (AvgIpc) is 2.77. The van der Waals surface area contributed by atoms with Gasteiger partial charge >= 0.3 is 0 Å². The van der Waals surface area contributed by atoms with Gasteiger partial charge in [-0.3, -0.25) is 0 Å². The largest absolute Gasteiger partial charge is 0.507 e. The molecule has 102 valence electrons. The highest BCUT2D eigenvalue weighted by molar-refractivity contribution is 6.09. The number of hydrogen-bond acceptors (Lipinski definition) is 1. The molecule has 0 radical (unpaired) electrons. The molecular weight excluding hydrogens is 246 g/mol. The molecule has 0 amide bonds. The van der Waals surface area contributed by atoms with Gasteiger partial charge in [-0.2, -0.15) is 0 Å². The Morgan fingerprint density at radius 2 is 1.95 bits per heavy atom. The molecule has 1 aromatic heterocycles. The number of benzene rings is 2. The van der Waals surface area contributed by atoms with Crippen LogP contribution in [-0.2, 0) is 6.42 Å². The van der Waals surface area contributed by atoms with Crippen molar-refractivity contribution in [3.63, 3.8) is 0 Å². The van der Waals surface area contributed by atoms with E-state index in [9.17, 15) is 5.11 Å². The van der Waals surface area contributed by atoms with Crippen LogP contribution in [-0.4, -0.2) is 10.1 Å². The number of aromatic amines is 1. The molecule has 0 saturated heterocycles. The van der Waals surface area contributed by atoms with Crippen molar-refractivity contribution in [2.24, 2.45) is 0 Å². The first-order valence-corrected chi connectivity index (χ1v) is 6.93. The molecule has 3 rings (SSSR count). The van der Waals surface area contributed by atoms with Gasteiger partial charge in [0.25, 0.3) is 0 Å². The van der Waals surface area contributed by atoms with Crippen LogP contribution in [0.25, 0.3) is 21.8 Å². The molecule has 0 aliphatic heterocycles. The van der Waals surface area contributed by atoms with E-state index in [1.807, 2.05) is 19.1 Å². The average molecular weight is 265 g/mol. The van der Waals surface area contributed by atoms with E-state index in [4.69, 9.17) is 0 Å². The van der Waals surface area contributed by atoms with Crippen molar-refractivity contribution in [3.05, 3.63) is 53.1 Å². The Morgan fingerprint density at radius 3 is 2.70 bits per heavy atom. The third kappa shape index (κ3) is 1.97. The molecule has 0 aliphatic carbocycles. The Kier molecular flexibility index (Phi) is 3.01. The predicted octanol–water partition coefficient (Wildman–Crippen LogP) is 4.84. The molecule has 2 N–H and O–H groups in total. The number of fused-ring (bicyclic) bond motifs is 3. The Hall–Kier alpha value is -2.22. The first-order chi connectivity index (χ1) is 9.58. The Balaban J connectivity index is 2.36. The van der Waals surface area contributed by atoms with E-state index in [-0.39, 0.29) is 0 Å². The van der Waals surface area contributed by atoms with Crippen molar-refractivity contribution in [2.45, 2.75) is 27.2 Å². The Morgan fingerprint density at radius 1 is 1.20 bits per heavy atom. The fourth-order valence-corrected chi connectivity index (χ4v) is 2.70. The fraction of sp³-hybridized carbons (Fsp3) is 0.222. The number of H-pyrrole nitrogens is 1. The first-order valence-electron chi connectivity index (χ1n) is 6.93. The van der Waals surface area contributed by atoms with Crippen LogP contribution in [0.3, 0.4) is 0 Å². The van der Waals surface area contributed by atoms with Crippen LogP contribution < -0.4 is 0 Å². The molecule has 20 heavy (non-hydrogen) atoms. The maximum atomic E-state index is 10.4. The number of aryl methyl sites for hydroxylation is 1. The minimum Gasteiger partial charge on any atom is -0.507 e. The van der Waals surface area contributed by atoms with Crippen LogP contribution in [0.4, 0.5) is 0 Å². The minimum atomic E-state index is 0.404. The van der Waals surface area contributed by atoms with Crippen molar-refractivity contribution in [3.8, 4) is 5.75 Å². The van der Waals surface area contributed by atoms with Gasteiger partial charge in [-0.25, -0.2) is 0 Å². The first kappa shape index (κ1) is 12.8. The number of nitrogens with one attached hydrogen (secondary N) is 1. The second-order valence-electron chi connectivity index (χ2n) is 5.60. The van der Waals surface area contributed by atoms with Crippen molar-refractivity contribution >= 4 is 21.8 Å². The highest BCUT2D eigenvalue weighted by Gasteiger charge is 2.13. The predicted molar refractivity (Wildman–Crippen MR) is 85.3 cm³/mol. The second-order valence-corrected chi connectivity index (χ2v) is 5.60. The highest BCUT2D eigenvalue weighted by Crippen LogP contribution is 2.35. The molecule has 0 unspecified atom stereocenters. The zero-order chi connectivity index (χ0) is 14.3. The van der Waals surface area contributed by atoms with E-state index in [0.717, 1.165) is 28.6 Å². The van der Waals surface area contributed by atoms with Crippen LogP contribution in [0.5, 0.6) is 5.75 Å². The SMILES string of the molecule is CC(C)=CCc1c(O)c(C)cc2c1[nH]c1ccccc12. The zero-order valence-corrected chi connectivity index (χ0v) is 12.1. The van der Waals surface area contributed by atoms with Crippen molar-refractivity contribution < 1.29 is 5.11 Å². The molecule has 0 saturated carbocycles. The van der Waals surface area contributed by atoms with E-state index in [2.05, 4.69) is 43.1 Å². The number of para-hydroxylation sites is 1. The summed E-state index contributed by atoms with van der Waals surface area (Å²) < 4.78 is 0. The molecule has 0 spiro atoms. The third-order valence-electron chi connectivity index (χ3n) is 3.78. The number of phenols is 1. The van der Waals surface area contributed by atoms with E-state index in [1.54, 1.807) is 0 Å². The molecule has 1 heterocycles. The van der Waals surface area contributed by atoms with Gasteiger partial charge in [0.15, 0.2) is 0 Å². The number of phenolic OH excluding ortho intramolecular Hbond substituents is 1. The lowest BCUT2D eigenvalue weighted by Gasteiger charge is -2.08. The topological polar surface area (TPSA) is 36.0 Å². The number of allylic oxidation sites excluding steroid dienone is 2. The van der Waals surface area contributed by atoms with Gasteiger partial charge in [-0.15, -0.1) is 0 Å². The third-order valence-corrected chi connectivity index (χ3v) is 3.78. The number of rotatable bonds is 2. The van der Waals surface area contributed by atoms with Gasteiger partial charge in [-0.1, -0.05) is 29.8 Å². The summed E-state index contributed by atoms with van der Waals surface area (Å²) in [5.41, 5.74) is 5.34. The smallest absolute Gasteiger partial charge is 0.124 e. The van der Waals surface area contributed by atoms with Gasteiger partial charge in [0, 0.05) is 21.9 Å². The summed E-state index contributed by atoms with van der Waals surface area (Å²) in [6.07, 6.45) is 2.90. The molecule has 2 nitrogen and oxygen atoms in total. The standard InChI is InChI=1S/C18H19NO/c1-11(2)8-9-14-17-15(10-12(3)18(14)20)13-6-4-5-7-16(13)19-17/h4-8,10,19-20H,9H2,1-3H3. The van der Waals surface area contributed by atoms with Gasteiger partial charge in [0.1, 0.15) is 5.75 Å². The van der Waals surface area contributed by atoms with Crippen LogP contribution in [0.15, 0.2) is 42.0 Å². The Labute approximate surface area is 118 Å². The van der Waals surface area contributed by atoms with Crippen LogP contribution in [0, 0.1) is 6.92 Å². The number of aromatic nitrogens is 1. The van der Waals surface area contributed by atoms with Gasteiger partial charge in [0.2, 0.25) is 0 Å². The van der Waals surface area contributed by atoms with E-state index >= 15 is 0 Å². The fourth-order valence-electron chi connectivity index (χ4n) is 2.70. The van der Waals surface area contributed by atoms with Gasteiger partial charge in [-0.05, 0) is 44.9 Å². The lowest BCUT2D eigenvalue weighted by Crippen LogP contribution is -1.89. The highest BCUT2D eigenvalue weighted by atomic mass is 16.3. The van der Waals surface area contributed by atoms with Crippen LogP contribution in [0.1, 0.15) is 25.0 Å². The maximum absolute atomic E-state index is 10.4. The maximum Gasteiger partial charge on any atom is 0.124 e. The summed E-state index contributed by atoms with van der Waals surface area (Å²) in [5, 5.41) is 12.8. The number of aromatic hydroxyl groups is 1. The van der Waals surface area contributed by atoms with Crippen LogP contribution >= 0.6 is 0 Å². The van der Waals surface area contributed by atoms with E-state index in [0.29, 0.717) is 5.75 Å². The molecular formula is C18H19NO. The molecule has 0 atom stereocenters. The monoisotopic (exact) mass is 265 g/mol. The molecule has 2 aromatic carbocycles. The lowest BCUT2D eigenvalue weighted by molar-refractivity contribution is 0.466. The zero-order valence-electron chi connectivity index (χ0n) is 12.1. The summed E-state index contributed by atoms with van der Waals surface area (Å²) in [5.74, 6) is 0.404. The van der Waals surface area contributed by atoms with Crippen molar-refractivity contribution in [1.29, 1.82) is 0 Å². The summed E-state index contributed by atoms with van der Waals surface area (Å²) in [4.78, 5) is 3.45. The second kappa shape index (κ2) is 4.71. The van der Waals surface area contributed by atoms with Crippen molar-refractivity contribution in [1.82, 2.24) is 4.98 Å². The van der Waals surface area contributed by atoms with E-state index < -0.39 is 0 Å². The summed E-state index contributed by atoms with van der Waals surface area (Å²) >= 11 is 0. The Bertz CT molecular complexity index is 820. The molecule has 3 aromatic rings. The van der Waals surface area contributed by atoms with Gasteiger partial charge < -0.3 is 10.1 Å². The van der Waals surface area contributed by atoms with Crippen molar-refractivity contribution in [2.75, 3.05) is 0 Å².